The molecule has 0 aromatic rings. The third kappa shape index (κ3) is 3.53. The second-order valence-corrected chi connectivity index (χ2v) is 4.85. The molecule has 1 unspecified atom stereocenters. The van der Waals surface area contributed by atoms with Gasteiger partial charge in [-0.3, -0.25) is 0 Å². The van der Waals surface area contributed by atoms with Gasteiger partial charge in [0.15, 0.2) is 0 Å². The van der Waals surface area contributed by atoms with E-state index in [0.717, 1.165) is 30.8 Å². The van der Waals surface area contributed by atoms with Crippen molar-refractivity contribution < 1.29 is 9.59 Å². The zero-order chi connectivity index (χ0) is 10.6. The van der Waals surface area contributed by atoms with Crippen molar-refractivity contribution in [1.29, 1.82) is 0 Å². The van der Waals surface area contributed by atoms with E-state index < -0.39 is 0 Å². The molecule has 1 aliphatic heterocycles. The summed E-state index contributed by atoms with van der Waals surface area (Å²) in [4.78, 5) is 4.58. The van der Waals surface area contributed by atoms with E-state index in [-0.39, 0.29) is 6.61 Å². The quantitative estimate of drug-likeness (QED) is 0.595. The van der Waals surface area contributed by atoms with Gasteiger partial charge in [0.1, 0.15) is 6.67 Å². The fraction of sp³-hybridized carbons (Fsp3) is 1.00. The van der Waals surface area contributed by atoms with Crippen LogP contribution in [0, 0.1) is 0 Å². The molecule has 1 atom stereocenters. The number of hydrogen-bond acceptors (Lipinski definition) is 3. The highest BCUT2D eigenvalue weighted by Crippen LogP contribution is 2.12. The molecule has 0 aromatic heterocycles. The molecule has 0 bridgehead atoms. The van der Waals surface area contributed by atoms with Gasteiger partial charge in [0.25, 0.3) is 0 Å². The Hall–Kier alpha value is -0.160. The molecule has 4 nitrogen and oxygen atoms in total. The van der Waals surface area contributed by atoms with E-state index >= 15 is 0 Å². The number of likely N-dealkylation sites (N-methyl/N-ethyl adjacent to an activating group) is 2. The second kappa shape index (κ2) is 5.07. The van der Waals surface area contributed by atoms with Crippen LogP contribution in [0.1, 0.15) is 0 Å². The molecule has 0 radical (unpaired) electrons. The van der Waals surface area contributed by atoms with Crippen molar-refractivity contribution in [1.82, 2.24) is 9.80 Å². The number of rotatable bonds is 5. The van der Waals surface area contributed by atoms with E-state index in [9.17, 15) is 0 Å². The van der Waals surface area contributed by atoms with Gasteiger partial charge in [-0.05, 0) is 14.1 Å². The van der Waals surface area contributed by atoms with Gasteiger partial charge in [-0.2, -0.15) is 0 Å². The van der Waals surface area contributed by atoms with Crippen molar-refractivity contribution in [2.24, 2.45) is 0 Å². The highest BCUT2D eigenvalue weighted by molar-refractivity contribution is 4.60. The first-order valence-corrected chi connectivity index (χ1v) is 5.37. The van der Waals surface area contributed by atoms with Crippen molar-refractivity contribution in [3.8, 4) is 0 Å². The van der Waals surface area contributed by atoms with Crippen molar-refractivity contribution in [2.75, 3.05) is 67.1 Å². The van der Waals surface area contributed by atoms with Crippen molar-refractivity contribution in [3.63, 3.8) is 0 Å². The molecular weight excluding hydrogens is 178 g/mol. The molecule has 1 heterocycles. The molecule has 1 rings (SSSR count). The first-order valence-electron chi connectivity index (χ1n) is 5.37. The van der Waals surface area contributed by atoms with Gasteiger partial charge in [0, 0.05) is 13.1 Å². The highest BCUT2D eigenvalue weighted by Gasteiger charge is 2.31. The lowest BCUT2D eigenvalue weighted by molar-refractivity contribution is -0.901. The van der Waals surface area contributed by atoms with Crippen LogP contribution in [0.3, 0.4) is 0 Å². The number of aliphatic hydroxyl groups excluding tert-OH is 1. The molecular formula is C10H24N3O+. The molecule has 14 heavy (non-hydrogen) atoms. The van der Waals surface area contributed by atoms with Gasteiger partial charge in [-0.15, -0.1) is 0 Å². The van der Waals surface area contributed by atoms with E-state index in [1.807, 2.05) is 0 Å². The molecule has 0 spiro atoms. The summed E-state index contributed by atoms with van der Waals surface area (Å²) < 4.78 is 1.12. The van der Waals surface area contributed by atoms with Crippen LogP contribution in [-0.2, 0) is 0 Å². The lowest BCUT2D eigenvalue weighted by atomic mass is 10.4. The molecule has 0 saturated carbocycles. The fourth-order valence-electron chi connectivity index (χ4n) is 1.95. The van der Waals surface area contributed by atoms with Crippen LogP contribution in [0.5, 0.6) is 0 Å². The van der Waals surface area contributed by atoms with Gasteiger partial charge in [-0.25, -0.2) is 4.90 Å². The highest BCUT2D eigenvalue weighted by atomic mass is 16.3. The normalized spacial score (nSPS) is 28.9. The van der Waals surface area contributed by atoms with Gasteiger partial charge in [-0.1, -0.05) is 0 Å². The van der Waals surface area contributed by atoms with Crippen LogP contribution >= 0.6 is 0 Å². The van der Waals surface area contributed by atoms with E-state index in [0.29, 0.717) is 0 Å². The van der Waals surface area contributed by atoms with E-state index in [4.69, 9.17) is 5.11 Å². The lowest BCUT2D eigenvalue weighted by Crippen LogP contribution is -2.47. The largest absolute Gasteiger partial charge is 0.395 e. The fourth-order valence-corrected chi connectivity index (χ4v) is 1.95. The topological polar surface area (TPSA) is 26.7 Å². The average Bonchev–Trinajstić information content (AvgIpc) is 2.46. The molecule has 0 aliphatic carbocycles. The van der Waals surface area contributed by atoms with Gasteiger partial charge < -0.3 is 14.5 Å². The molecule has 1 fully saturated rings. The number of β-amino-alcohol motifs (C(OH)–C–C–N with tert-alkyl or cyclic N) is 1. The summed E-state index contributed by atoms with van der Waals surface area (Å²) in [6, 6.07) is 0. The summed E-state index contributed by atoms with van der Waals surface area (Å²) >= 11 is 0. The number of aliphatic hydroxyl groups is 1. The Morgan fingerprint density at radius 1 is 1.43 bits per heavy atom. The summed E-state index contributed by atoms with van der Waals surface area (Å²) in [7, 11) is 6.54. The van der Waals surface area contributed by atoms with Crippen molar-refractivity contribution >= 4 is 0 Å². The summed E-state index contributed by atoms with van der Waals surface area (Å²) in [5, 5.41) is 8.86. The van der Waals surface area contributed by atoms with Gasteiger partial charge >= 0.3 is 0 Å². The predicted octanol–water partition coefficient (Wildman–Crippen LogP) is -0.740. The smallest absolute Gasteiger partial charge is 0.135 e. The molecule has 84 valence electrons. The Balaban J connectivity index is 2.30. The number of nitrogens with zero attached hydrogens (tertiary/aromatic N) is 3. The first kappa shape index (κ1) is 11.9. The molecule has 1 N–H and O–H groups in total. The van der Waals surface area contributed by atoms with E-state index in [1.54, 1.807) is 0 Å². The van der Waals surface area contributed by atoms with Crippen LogP contribution < -0.4 is 0 Å². The standard InChI is InChI=1S/C10H24N3O/c1-11(2)4-7-13(3)8-5-12(10-13)6-9-14/h14H,4-10H2,1-3H3/q+1. The Morgan fingerprint density at radius 2 is 2.14 bits per heavy atom. The van der Waals surface area contributed by atoms with Crippen LogP contribution in [0.2, 0.25) is 0 Å². The summed E-state index contributed by atoms with van der Waals surface area (Å²) in [6.07, 6.45) is 0. The van der Waals surface area contributed by atoms with Crippen LogP contribution in [0.4, 0.5) is 0 Å². The Labute approximate surface area is 87.3 Å². The molecule has 4 heteroatoms. The minimum Gasteiger partial charge on any atom is -0.395 e. The monoisotopic (exact) mass is 202 g/mol. The van der Waals surface area contributed by atoms with Crippen molar-refractivity contribution in [3.05, 3.63) is 0 Å². The van der Waals surface area contributed by atoms with Crippen LogP contribution in [0.15, 0.2) is 0 Å². The maximum Gasteiger partial charge on any atom is 0.135 e. The zero-order valence-electron chi connectivity index (χ0n) is 9.74. The maximum absolute atomic E-state index is 8.86. The van der Waals surface area contributed by atoms with Gasteiger partial charge in [0.05, 0.1) is 33.3 Å². The average molecular weight is 202 g/mol. The van der Waals surface area contributed by atoms with Crippen LogP contribution in [0.25, 0.3) is 0 Å². The minimum absolute atomic E-state index is 0.285. The third-order valence-electron chi connectivity index (χ3n) is 3.00. The summed E-state index contributed by atoms with van der Waals surface area (Å²) in [6.45, 7) is 6.90. The molecule has 0 amide bonds. The van der Waals surface area contributed by atoms with Crippen molar-refractivity contribution in [2.45, 2.75) is 0 Å². The second-order valence-electron chi connectivity index (χ2n) is 4.85. The van der Waals surface area contributed by atoms with Gasteiger partial charge in [0.2, 0.25) is 0 Å². The SMILES string of the molecule is CN(C)CC[N+]1(C)CCN(CCO)C1. The third-order valence-corrected chi connectivity index (χ3v) is 3.00. The Kier molecular flexibility index (Phi) is 4.31. The van der Waals surface area contributed by atoms with Crippen LogP contribution in [-0.4, -0.2) is 86.5 Å². The Morgan fingerprint density at radius 3 is 2.71 bits per heavy atom. The summed E-state index contributed by atoms with van der Waals surface area (Å²) in [5.74, 6) is 0. The van der Waals surface area contributed by atoms with E-state index in [1.165, 1.54) is 13.1 Å². The maximum atomic E-state index is 8.86. The lowest BCUT2D eigenvalue weighted by Gasteiger charge is -2.30. The predicted molar refractivity (Wildman–Crippen MR) is 58.0 cm³/mol. The Bertz CT molecular complexity index is 175. The summed E-state index contributed by atoms with van der Waals surface area (Å²) in [5.41, 5.74) is 0. The molecule has 1 aliphatic rings. The molecule has 1 saturated heterocycles. The van der Waals surface area contributed by atoms with E-state index in [2.05, 4.69) is 30.9 Å². The first-order chi connectivity index (χ1) is 6.56. The minimum atomic E-state index is 0.285. The number of quaternary nitrogens is 1. The zero-order valence-corrected chi connectivity index (χ0v) is 9.74. The number of hydrogen-bond donors (Lipinski definition) is 1. The molecule has 0 aromatic carbocycles.